The number of nitrogens with two attached hydrogens (primary N) is 1. The van der Waals surface area contributed by atoms with Gasteiger partial charge < -0.3 is 11.1 Å². The molecular formula is C16H27N3O. The zero-order chi connectivity index (χ0) is 15.2. The molecule has 0 aliphatic heterocycles. The van der Waals surface area contributed by atoms with E-state index in [0.717, 1.165) is 18.7 Å². The number of hydrogen-bond acceptors (Lipinski definition) is 3. The first-order valence-electron chi connectivity index (χ1n) is 7.26. The van der Waals surface area contributed by atoms with Crippen LogP contribution in [0.15, 0.2) is 24.3 Å². The van der Waals surface area contributed by atoms with Crippen LogP contribution < -0.4 is 11.1 Å². The fraction of sp³-hybridized carbons (Fsp3) is 0.562. The summed E-state index contributed by atoms with van der Waals surface area (Å²) in [4.78, 5) is 14.3. The number of carbonyl (C=O) groups excluding carboxylic acids is 1. The zero-order valence-electron chi connectivity index (χ0n) is 13.1. The molecule has 1 aromatic carbocycles. The average Bonchev–Trinajstić information content (AvgIpc) is 2.46. The van der Waals surface area contributed by atoms with Gasteiger partial charge >= 0.3 is 0 Å². The minimum absolute atomic E-state index is 0.00354. The minimum atomic E-state index is -0.126. The number of benzene rings is 1. The Hall–Kier alpha value is -1.39. The maximum Gasteiger partial charge on any atom is 0.238 e. The van der Waals surface area contributed by atoms with Gasteiger partial charge in [0.25, 0.3) is 0 Å². The van der Waals surface area contributed by atoms with Crippen LogP contribution in [-0.2, 0) is 4.79 Å². The average molecular weight is 277 g/mol. The molecule has 20 heavy (non-hydrogen) atoms. The highest BCUT2D eigenvalue weighted by Gasteiger charge is 2.28. The molecule has 0 saturated carbocycles. The number of hydrogen-bond donors (Lipinski definition) is 2. The van der Waals surface area contributed by atoms with E-state index in [1.54, 1.807) is 0 Å². The lowest BCUT2D eigenvalue weighted by molar-refractivity contribution is -0.118. The van der Waals surface area contributed by atoms with Gasteiger partial charge in [-0.15, -0.1) is 0 Å². The van der Waals surface area contributed by atoms with E-state index in [-0.39, 0.29) is 11.4 Å². The molecule has 0 fully saturated rings. The highest BCUT2D eigenvalue weighted by atomic mass is 16.2. The highest BCUT2D eigenvalue weighted by Crippen LogP contribution is 2.17. The maximum atomic E-state index is 12.2. The molecule has 0 aliphatic carbocycles. The molecule has 0 bridgehead atoms. The normalized spacial score (nSPS) is 14.1. The van der Waals surface area contributed by atoms with Crippen molar-refractivity contribution in [1.29, 1.82) is 0 Å². The van der Waals surface area contributed by atoms with Crippen LogP contribution in [0.1, 0.15) is 32.8 Å². The van der Waals surface area contributed by atoms with Crippen LogP contribution in [0.4, 0.5) is 5.69 Å². The third kappa shape index (κ3) is 4.32. The van der Waals surface area contributed by atoms with Crippen LogP contribution >= 0.6 is 0 Å². The van der Waals surface area contributed by atoms with E-state index < -0.39 is 0 Å². The van der Waals surface area contributed by atoms with Gasteiger partial charge in [-0.3, -0.25) is 9.69 Å². The molecule has 1 amide bonds. The number of amides is 1. The number of nitrogens with zero attached hydrogens (tertiary/aromatic N) is 1. The smallest absolute Gasteiger partial charge is 0.238 e. The predicted octanol–water partition coefficient (Wildman–Crippen LogP) is 2.38. The van der Waals surface area contributed by atoms with Gasteiger partial charge in [0, 0.05) is 17.8 Å². The second-order valence-electron chi connectivity index (χ2n) is 5.48. The molecule has 3 N–H and O–H groups in total. The number of likely N-dealkylation sites (N-methyl/N-ethyl adjacent to an activating group) is 1. The first kappa shape index (κ1) is 16.7. The number of aryl methyl sites for hydroxylation is 1. The van der Waals surface area contributed by atoms with Crippen LogP contribution in [-0.4, -0.2) is 36.0 Å². The van der Waals surface area contributed by atoms with Crippen molar-refractivity contribution in [2.24, 2.45) is 5.73 Å². The van der Waals surface area contributed by atoms with Crippen molar-refractivity contribution in [3.63, 3.8) is 0 Å². The molecule has 1 aromatic rings. The Kier molecular flexibility index (Phi) is 6.17. The second kappa shape index (κ2) is 7.41. The van der Waals surface area contributed by atoms with Gasteiger partial charge in [0.15, 0.2) is 0 Å². The molecule has 4 nitrogen and oxygen atoms in total. The van der Waals surface area contributed by atoms with Crippen molar-refractivity contribution in [1.82, 2.24) is 4.90 Å². The number of nitrogens with one attached hydrogen (secondary N) is 1. The second-order valence-corrected chi connectivity index (χ2v) is 5.48. The highest BCUT2D eigenvalue weighted by molar-refractivity contribution is 5.92. The summed E-state index contributed by atoms with van der Waals surface area (Å²) in [7, 11) is 0. The molecule has 1 atom stereocenters. The third-order valence-electron chi connectivity index (χ3n) is 4.02. The molecule has 0 heterocycles. The third-order valence-corrected chi connectivity index (χ3v) is 4.02. The summed E-state index contributed by atoms with van der Waals surface area (Å²) in [5, 5.41) is 2.93. The lowest BCUT2D eigenvalue weighted by Crippen LogP contribution is -2.53. The summed E-state index contributed by atoms with van der Waals surface area (Å²) in [6.07, 6.45) is 0.926. The summed E-state index contributed by atoms with van der Waals surface area (Å²) in [5.74, 6) is 0.00354. The molecule has 4 heteroatoms. The Morgan fingerprint density at radius 2 is 1.90 bits per heavy atom. The summed E-state index contributed by atoms with van der Waals surface area (Å²) in [6, 6.07) is 7.82. The Morgan fingerprint density at radius 1 is 1.30 bits per heavy atom. The summed E-state index contributed by atoms with van der Waals surface area (Å²) in [6.45, 7) is 10.0. The van der Waals surface area contributed by atoms with E-state index in [2.05, 4.69) is 31.0 Å². The lowest BCUT2D eigenvalue weighted by atomic mass is 9.96. The lowest BCUT2D eigenvalue weighted by Gasteiger charge is -2.39. The first-order valence-corrected chi connectivity index (χ1v) is 7.26. The van der Waals surface area contributed by atoms with E-state index in [1.165, 1.54) is 5.56 Å². The van der Waals surface area contributed by atoms with Crippen LogP contribution in [0.2, 0.25) is 0 Å². The van der Waals surface area contributed by atoms with Gasteiger partial charge in [-0.1, -0.05) is 31.5 Å². The summed E-state index contributed by atoms with van der Waals surface area (Å²) < 4.78 is 0. The Balaban J connectivity index is 2.66. The molecule has 1 unspecified atom stereocenters. The Morgan fingerprint density at radius 3 is 2.35 bits per heavy atom. The molecule has 0 saturated heterocycles. The van der Waals surface area contributed by atoms with Crippen LogP contribution in [0, 0.1) is 6.92 Å². The number of carbonyl (C=O) groups is 1. The van der Waals surface area contributed by atoms with Gasteiger partial charge in [0.1, 0.15) is 0 Å². The van der Waals surface area contributed by atoms with E-state index in [4.69, 9.17) is 5.73 Å². The molecule has 0 aliphatic rings. The van der Waals surface area contributed by atoms with Crippen molar-refractivity contribution in [3.8, 4) is 0 Å². The Labute approximate surface area is 122 Å². The number of rotatable bonds is 7. The fourth-order valence-electron chi connectivity index (χ4n) is 2.19. The standard InChI is InChI=1S/C16H27N3O/c1-5-16(4,12-17)19(6-2)11-15(20)18-14-9-7-13(3)8-10-14/h7-10H,5-6,11-12,17H2,1-4H3,(H,18,20). The van der Waals surface area contributed by atoms with Crippen LogP contribution in [0.3, 0.4) is 0 Å². The molecule has 112 valence electrons. The summed E-state index contributed by atoms with van der Waals surface area (Å²) >= 11 is 0. The van der Waals surface area contributed by atoms with Gasteiger partial charge in [-0.25, -0.2) is 0 Å². The molecule has 0 spiro atoms. The van der Waals surface area contributed by atoms with E-state index >= 15 is 0 Å². The summed E-state index contributed by atoms with van der Waals surface area (Å²) in [5.41, 5.74) is 7.76. The SMILES string of the molecule is CCN(CC(=O)Nc1ccc(C)cc1)C(C)(CC)CN. The van der Waals surface area contributed by atoms with Gasteiger partial charge in [0.2, 0.25) is 5.91 Å². The Bertz CT molecular complexity index is 424. The largest absolute Gasteiger partial charge is 0.329 e. The zero-order valence-corrected chi connectivity index (χ0v) is 13.1. The van der Waals surface area contributed by atoms with Crippen molar-refractivity contribution in [3.05, 3.63) is 29.8 Å². The van der Waals surface area contributed by atoms with E-state index in [0.29, 0.717) is 13.1 Å². The first-order chi connectivity index (χ1) is 9.45. The van der Waals surface area contributed by atoms with Crippen LogP contribution in [0.25, 0.3) is 0 Å². The quantitative estimate of drug-likeness (QED) is 0.804. The monoisotopic (exact) mass is 277 g/mol. The molecule has 0 radical (unpaired) electrons. The van der Waals surface area contributed by atoms with Crippen LogP contribution in [0.5, 0.6) is 0 Å². The van der Waals surface area contributed by atoms with Crippen molar-refractivity contribution >= 4 is 11.6 Å². The number of anilines is 1. The molecule has 1 rings (SSSR count). The maximum absolute atomic E-state index is 12.2. The van der Waals surface area contributed by atoms with Crippen molar-refractivity contribution in [2.75, 3.05) is 25.0 Å². The topological polar surface area (TPSA) is 58.4 Å². The van der Waals surface area contributed by atoms with Crippen molar-refractivity contribution in [2.45, 2.75) is 39.7 Å². The van der Waals surface area contributed by atoms with Crippen molar-refractivity contribution < 1.29 is 4.79 Å². The fourth-order valence-corrected chi connectivity index (χ4v) is 2.19. The molecular weight excluding hydrogens is 250 g/mol. The minimum Gasteiger partial charge on any atom is -0.329 e. The van der Waals surface area contributed by atoms with Gasteiger partial charge in [-0.05, 0) is 38.9 Å². The van der Waals surface area contributed by atoms with Gasteiger partial charge in [-0.2, -0.15) is 0 Å². The van der Waals surface area contributed by atoms with E-state index in [9.17, 15) is 4.79 Å². The van der Waals surface area contributed by atoms with E-state index in [1.807, 2.05) is 31.2 Å². The predicted molar refractivity (Wildman–Crippen MR) is 84.8 cm³/mol. The van der Waals surface area contributed by atoms with Gasteiger partial charge in [0.05, 0.1) is 6.54 Å². The molecule has 0 aromatic heterocycles.